The molecule has 1 rings (SSSR count). The topological polar surface area (TPSA) is 118 Å². The van der Waals surface area contributed by atoms with Crippen molar-refractivity contribution < 1.29 is 23.1 Å². The van der Waals surface area contributed by atoms with Gasteiger partial charge < -0.3 is 10.0 Å². The van der Waals surface area contributed by atoms with Crippen molar-refractivity contribution >= 4 is 21.9 Å². The Labute approximate surface area is 105 Å². The molecule has 18 heavy (non-hydrogen) atoms. The van der Waals surface area contributed by atoms with Gasteiger partial charge in [0.05, 0.1) is 5.75 Å². The van der Waals surface area contributed by atoms with Crippen LogP contribution in [0.15, 0.2) is 0 Å². The van der Waals surface area contributed by atoms with E-state index in [9.17, 15) is 18.0 Å². The molecular weight excluding hydrogens is 260 g/mol. The zero-order valence-electron chi connectivity index (χ0n) is 9.57. The SMILES string of the molecule is C#CCC(C(=O)O)N1CC(CS(N)(=O)=O)CC1=O. The number of carboxylic acid groups (broad SMARTS) is 1. The van der Waals surface area contributed by atoms with Crippen LogP contribution in [0.1, 0.15) is 12.8 Å². The van der Waals surface area contributed by atoms with Gasteiger partial charge >= 0.3 is 5.97 Å². The first kappa shape index (κ1) is 14.5. The quantitative estimate of drug-likeness (QED) is 0.598. The van der Waals surface area contributed by atoms with Crippen LogP contribution in [-0.2, 0) is 19.6 Å². The summed E-state index contributed by atoms with van der Waals surface area (Å²) in [6.45, 7) is 0.0495. The Kier molecular flexibility index (Phi) is 4.32. The van der Waals surface area contributed by atoms with E-state index in [1.165, 1.54) is 0 Å². The molecule has 0 spiro atoms. The minimum atomic E-state index is -3.68. The first-order chi connectivity index (χ1) is 8.24. The lowest BCUT2D eigenvalue weighted by molar-refractivity contribution is -0.148. The molecule has 1 saturated heterocycles. The van der Waals surface area contributed by atoms with Gasteiger partial charge in [-0.15, -0.1) is 12.3 Å². The highest BCUT2D eigenvalue weighted by molar-refractivity contribution is 7.89. The van der Waals surface area contributed by atoms with Gasteiger partial charge in [-0.1, -0.05) is 0 Å². The molecule has 7 nitrogen and oxygen atoms in total. The first-order valence-electron chi connectivity index (χ1n) is 5.21. The number of nitrogens with zero attached hydrogens (tertiary/aromatic N) is 1. The van der Waals surface area contributed by atoms with Gasteiger partial charge in [0.2, 0.25) is 15.9 Å². The van der Waals surface area contributed by atoms with Crippen LogP contribution < -0.4 is 5.14 Å². The number of carboxylic acids is 1. The fraction of sp³-hybridized carbons (Fsp3) is 0.600. The Morgan fingerprint density at radius 1 is 1.67 bits per heavy atom. The number of nitrogens with two attached hydrogens (primary N) is 1. The standard InChI is InChI=1S/C10H14N2O5S/c1-2-3-8(10(14)15)12-5-7(4-9(12)13)6-18(11,16)17/h1,7-8H,3-6H2,(H,14,15)(H2,11,16,17). The second kappa shape index (κ2) is 5.37. The number of likely N-dealkylation sites (tertiary alicyclic amines) is 1. The lowest BCUT2D eigenvalue weighted by Crippen LogP contribution is -2.42. The molecule has 8 heteroatoms. The van der Waals surface area contributed by atoms with Crippen LogP contribution in [0.4, 0.5) is 0 Å². The van der Waals surface area contributed by atoms with Crippen molar-refractivity contribution in [2.24, 2.45) is 11.1 Å². The fourth-order valence-electron chi connectivity index (χ4n) is 1.99. The Morgan fingerprint density at radius 2 is 2.28 bits per heavy atom. The second-order valence-corrected chi connectivity index (χ2v) is 5.87. The Balaban J connectivity index is 2.78. The largest absolute Gasteiger partial charge is 0.480 e. The van der Waals surface area contributed by atoms with Gasteiger partial charge in [0, 0.05) is 25.3 Å². The maximum absolute atomic E-state index is 11.6. The van der Waals surface area contributed by atoms with Crippen molar-refractivity contribution in [1.29, 1.82) is 0 Å². The predicted octanol–water partition coefficient (Wildman–Crippen LogP) is -1.40. The van der Waals surface area contributed by atoms with E-state index in [1.54, 1.807) is 0 Å². The third kappa shape index (κ3) is 3.72. The molecular formula is C10H14N2O5S. The molecule has 1 amide bonds. The summed E-state index contributed by atoms with van der Waals surface area (Å²) in [6, 6.07) is -1.10. The average molecular weight is 274 g/mol. The molecule has 3 N–H and O–H groups in total. The van der Waals surface area contributed by atoms with E-state index in [-0.39, 0.29) is 25.1 Å². The summed E-state index contributed by atoms with van der Waals surface area (Å²) in [5, 5.41) is 13.9. The average Bonchev–Trinajstić information content (AvgIpc) is 2.52. The Hall–Kier alpha value is -1.59. The van der Waals surface area contributed by atoms with E-state index >= 15 is 0 Å². The van der Waals surface area contributed by atoms with Crippen molar-refractivity contribution in [2.45, 2.75) is 18.9 Å². The van der Waals surface area contributed by atoms with Crippen molar-refractivity contribution in [3.63, 3.8) is 0 Å². The highest BCUT2D eigenvalue weighted by atomic mass is 32.2. The van der Waals surface area contributed by atoms with Gasteiger partial charge in [-0.25, -0.2) is 18.4 Å². The molecule has 100 valence electrons. The van der Waals surface area contributed by atoms with Crippen LogP contribution in [0.5, 0.6) is 0 Å². The Bertz CT molecular complexity index is 493. The summed E-state index contributed by atoms with van der Waals surface area (Å²) in [4.78, 5) is 23.7. The molecule has 0 saturated carbocycles. The fourth-order valence-corrected chi connectivity index (χ4v) is 2.87. The van der Waals surface area contributed by atoms with E-state index < -0.39 is 33.9 Å². The molecule has 0 aromatic rings. The summed E-state index contributed by atoms with van der Waals surface area (Å²) in [7, 11) is -3.68. The predicted molar refractivity (Wildman–Crippen MR) is 62.7 cm³/mol. The summed E-state index contributed by atoms with van der Waals surface area (Å²) in [5.74, 6) is -0.231. The molecule has 0 bridgehead atoms. The van der Waals surface area contributed by atoms with Gasteiger partial charge in [-0.3, -0.25) is 4.79 Å². The zero-order chi connectivity index (χ0) is 13.9. The van der Waals surface area contributed by atoms with Gasteiger partial charge in [-0.05, 0) is 0 Å². The van der Waals surface area contributed by atoms with Crippen LogP contribution in [0.2, 0.25) is 0 Å². The normalized spacial score (nSPS) is 21.7. The maximum atomic E-state index is 11.6. The van der Waals surface area contributed by atoms with Crippen LogP contribution >= 0.6 is 0 Å². The first-order valence-corrected chi connectivity index (χ1v) is 6.92. The van der Waals surface area contributed by atoms with Crippen LogP contribution in [0.3, 0.4) is 0 Å². The van der Waals surface area contributed by atoms with Crippen LogP contribution in [0.25, 0.3) is 0 Å². The van der Waals surface area contributed by atoms with Gasteiger partial charge in [0.15, 0.2) is 0 Å². The summed E-state index contributed by atoms with van der Waals surface area (Å²) < 4.78 is 21.9. The van der Waals surface area contributed by atoms with Crippen LogP contribution in [-0.4, -0.2) is 48.6 Å². The van der Waals surface area contributed by atoms with E-state index in [1.807, 2.05) is 0 Å². The third-order valence-corrected chi connectivity index (χ3v) is 3.62. The number of terminal acetylenes is 1. The van der Waals surface area contributed by atoms with Crippen molar-refractivity contribution in [3.05, 3.63) is 0 Å². The molecule has 1 fully saturated rings. The van der Waals surface area contributed by atoms with Gasteiger partial charge in [0.1, 0.15) is 6.04 Å². The number of sulfonamides is 1. The monoisotopic (exact) mass is 274 g/mol. The summed E-state index contributed by atoms with van der Waals surface area (Å²) in [6.07, 6.45) is 4.92. The molecule has 1 aliphatic rings. The van der Waals surface area contributed by atoms with E-state index in [0.29, 0.717) is 0 Å². The molecule has 0 aromatic heterocycles. The second-order valence-electron chi connectivity index (χ2n) is 4.21. The number of amides is 1. The maximum Gasteiger partial charge on any atom is 0.327 e. The molecule has 0 aliphatic carbocycles. The van der Waals surface area contributed by atoms with E-state index in [4.69, 9.17) is 16.7 Å². The van der Waals surface area contributed by atoms with Crippen LogP contribution in [0, 0.1) is 18.3 Å². The number of carbonyl (C=O) groups excluding carboxylic acids is 1. The molecule has 2 atom stereocenters. The van der Waals surface area contributed by atoms with Crippen molar-refractivity contribution in [3.8, 4) is 12.3 Å². The minimum Gasteiger partial charge on any atom is -0.480 e. The third-order valence-electron chi connectivity index (χ3n) is 2.68. The number of carbonyl (C=O) groups is 2. The molecule has 0 radical (unpaired) electrons. The Morgan fingerprint density at radius 3 is 2.72 bits per heavy atom. The highest BCUT2D eigenvalue weighted by Gasteiger charge is 2.38. The van der Waals surface area contributed by atoms with Crippen molar-refractivity contribution in [2.75, 3.05) is 12.3 Å². The molecule has 0 aromatic carbocycles. The van der Waals surface area contributed by atoms with Gasteiger partial charge in [0.25, 0.3) is 0 Å². The highest BCUT2D eigenvalue weighted by Crippen LogP contribution is 2.22. The number of hydrogen-bond donors (Lipinski definition) is 2. The number of aliphatic carboxylic acids is 1. The molecule has 1 aliphatic heterocycles. The summed E-state index contributed by atoms with van der Waals surface area (Å²) in [5.41, 5.74) is 0. The zero-order valence-corrected chi connectivity index (χ0v) is 10.4. The van der Waals surface area contributed by atoms with E-state index in [0.717, 1.165) is 4.90 Å². The van der Waals surface area contributed by atoms with E-state index in [2.05, 4.69) is 5.92 Å². The smallest absolute Gasteiger partial charge is 0.327 e. The number of rotatable bonds is 5. The summed E-state index contributed by atoms with van der Waals surface area (Å²) >= 11 is 0. The molecule has 1 heterocycles. The van der Waals surface area contributed by atoms with Crippen molar-refractivity contribution in [1.82, 2.24) is 4.90 Å². The number of hydrogen-bond acceptors (Lipinski definition) is 4. The lowest BCUT2D eigenvalue weighted by Gasteiger charge is -2.22. The van der Waals surface area contributed by atoms with Gasteiger partial charge in [-0.2, -0.15) is 0 Å². The number of primary sulfonamides is 1. The molecule has 2 unspecified atom stereocenters. The minimum absolute atomic E-state index is 0.0230. The lowest BCUT2D eigenvalue weighted by atomic mass is 10.1.